The minimum atomic E-state index is 0.102. The van der Waals surface area contributed by atoms with Crippen LogP contribution in [0.15, 0.2) is 42.5 Å². The quantitative estimate of drug-likeness (QED) is 0.696. The molecule has 0 aromatic heterocycles. The second kappa shape index (κ2) is 8.62. The highest BCUT2D eigenvalue weighted by atomic mass is 16.6. The fraction of sp³-hybridized carbons (Fsp3) is 0.350. The van der Waals surface area contributed by atoms with E-state index < -0.39 is 0 Å². The molecule has 0 unspecified atom stereocenters. The molecule has 0 aliphatic carbocycles. The van der Waals surface area contributed by atoms with Crippen LogP contribution in [0, 0.1) is 6.92 Å². The van der Waals surface area contributed by atoms with Gasteiger partial charge in [0.25, 0.3) is 5.91 Å². The molecule has 0 spiro atoms. The number of benzene rings is 2. The highest BCUT2D eigenvalue weighted by molar-refractivity contribution is 5.94. The molecule has 3 rings (SSSR count). The van der Waals surface area contributed by atoms with Crippen molar-refractivity contribution in [2.45, 2.75) is 33.7 Å². The topological polar surface area (TPSA) is 46.1 Å². The van der Waals surface area contributed by atoms with E-state index in [9.17, 15) is 4.79 Å². The van der Waals surface area contributed by atoms with Crippen LogP contribution in [0.4, 0.5) is 5.69 Å². The Morgan fingerprint density at radius 2 is 1.88 bits per heavy atom. The lowest BCUT2D eigenvalue weighted by molar-refractivity contribution is -0.830. The van der Waals surface area contributed by atoms with E-state index in [2.05, 4.69) is 19.1 Å². The number of hydrogen-bond acceptors (Lipinski definition) is 2. The Morgan fingerprint density at radius 1 is 1.17 bits per heavy atom. The lowest BCUT2D eigenvalue weighted by Crippen LogP contribution is -2.76. The Kier molecular flexibility index (Phi) is 6.53. The molecule has 2 aromatic carbocycles. The van der Waals surface area contributed by atoms with E-state index in [4.69, 9.17) is 4.84 Å². The second-order valence-corrected chi connectivity index (χ2v) is 5.69. The van der Waals surface area contributed by atoms with Gasteiger partial charge in [0, 0.05) is 30.3 Å². The van der Waals surface area contributed by atoms with E-state index in [1.165, 1.54) is 16.7 Å². The predicted octanol–water partition coefficient (Wildman–Crippen LogP) is 2.98. The largest absolute Gasteiger partial charge is 0.334 e. The molecule has 1 aliphatic heterocycles. The SMILES string of the molecule is CC.CO[NH2+]c1cc(C)cc2c1CCN(C(=O)c1ccccc1)C2. The van der Waals surface area contributed by atoms with Gasteiger partial charge in [-0.15, -0.1) is 0 Å². The van der Waals surface area contributed by atoms with Gasteiger partial charge in [0.05, 0.1) is 7.11 Å². The molecule has 128 valence electrons. The summed E-state index contributed by atoms with van der Waals surface area (Å²) in [6.07, 6.45) is 0.864. The van der Waals surface area contributed by atoms with Gasteiger partial charge in [0.15, 0.2) is 5.69 Å². The van der Waals surface area contributed by atoms with Gasteiger partial charge in [-0.05, 0) is 36.6 Å². The average Bonchev–Trinajstić information content (AvgIpc) is 2.63. The van der Waals surface area contributed by atoms with Crippen molar-refractivity contribution in [1.29, 1.82) is 0 Å². The van der Waals surface area contributed by atoms with E-state index in [1.807, 2.05) is 49.1 Å². The molecule has 2 aromatic rings. The maximum Gasteiger partial charge on any atom is 0.254 e. The number of nitrogens with two attached hydrogens (primary N) is 1. The zero-order valence-electron chi connectivity index (χ0n) is 15.0. The van der Waals surface area contributed by atoms with Crippen molar-refractivity contribution in [2.75, 3.05) is 13.7 Å². The Morgan fingerprint density at radius 3 is 2.54 bits per heavy atom. The van der Waals surface area contributed by atoms with E-state index >= 15 is 0 Å². The summed E-state index contributed by atoms with van der Waals surface area (Å²) >= 11 is 0. The van der Waals surface area contributed by atoms with Crippen LogP contribution in [0.2, 0.25) is 0 Å². The van der Waals surface area contributed by atoms with Gasteiger partial charge < -0.3 is 4.90 Å². The highest BCUT2D eigenvalue weighted by Crippen LogP contribution is 2.26. The third-order valence-corrected chi connectivity index (χ3v) is 4.07. The summed E-state index contributed by atoms with van der Waals surface area (Å²) in [5.41, 5.74) is 7.38. The third kappa shape index (κ3) is 4.02. The van der Waals surface area contributed by atoms with Gasteiger partial charge in [-0.1, -0.05) is 38.1 Å². The van der Waals surface area contributed by atoms with Crippen molar-refractivity contribution in [2.24, 2.45) is 0 Å². The Hall–Kier alpha value is -2.17. The minimum absolute atomic E-state index is 0.102. The molecular weight excluding hydrogens is 300 g/mol. The number of quaternary nitrogens is 1. The van der Waals surface area contributed by atoms with E-state index in [-0.39, 0.29) is 5.91 Å². The smallest absolute Gasteiger partial charge is 0.254 e. The van der Waals surface area contributed by atoms with Crippen LogP contribution in [-0.4, -0.2) is 24.5 Å². The molecular formula is C20H27N2O2+. The van der Waals surface area contributed by atoms with E-state index in [1.54, 1.807) is 12.6 Å². The minimum Gasteiger partial charge on any atom is -0.334 e. The summed E-state index contributed by atoms with van der Waals surface area (Å²) < 4.78 is 0. The predicted molar refractivity (Wildman–Crippen MR) is 96.0 cm³/mol. The van der Waals surface area contributed by atoms with Crippen molar-refractivity contribution < 1.29 is 15.1 Å². The fourth-order valence-electron chi connectivity index (χ4n) is 3.07. The van der Waals surface area contributed by atoms with Crippen LogP contribution < -0.4 is 5.48 Å². The number of fused-ring (bicyclic) bond motifs is 1. The molecule has 0 atom stereocenters. The number of hydrogen-bond donors (Lipinski definition) is 1. The first-order valence-electron chi connectivity index (χ1n) is 8.52. The van der Waals surface area contributed by atoms with Gasteiger partial charge >= 0.3 is 0 Å². The summed E-state index contributed by atoms with van der Waals surface area (Å²) in [6.45, 7) is 7.48. The van der Waals surface area contributed by atoms with Gasteiger partial charge in [-0.3, -0.25) is 4.79 Å². The summed E-state index contributed by atoms with van der Waals surface area (Å²) in [4.78, 5) is 19.7. The van der Waals surface area contributed by atoms with Crippen LogP contribution in [0.25, 0.3) is 0 Å². The average molecular weight is 327 g/mol. The molecule has 0 radical (unpaired) electrons. The van der Waals surface area contributed by atoms with Crippen molar-refractivity contribution in [1.82, 2.24) is 4.90 Å². The van der Waals surface area contributed by atoms with Crippen molar-refractivity contribution >= 4 is 11.6 Å². The molecule has 1 aliphatic rings. The van der Waals surface area contributed by atoms with Crippen LogP contribution >= 0.6 is 0 Å². The summed E-state index contributed by atoms with van der Waals surface area (Å²) in [7, 11) is 1.67. The molecule has 24 heavy (non-hydrogen) atoms. The summed E-state index contributed by atoms with van der Waals surface area (Å²) in [5.74, 6) is 0.102. The van der Waals surface area contributed by atoms with Crippen molar-refractivity contribution in [3.05, 3.63) is 64.7 Å². The number of amides is 1. The van der Waals surface area contributed by atoms with Gasteiger partial charge in [-0.2, -0.15) is 5.48 Å². The molecule has 0 saturated heterocycles. The number of rotatable bonds is 3. The first kappa shape index (κ1) is 18.2. The van der Waals surface area contributed by atoms with Gasteiger partial charge in [0.2, 0.25) is 0 Å². The number of carbonyl (C=O) groups excluding carboxylic acids is 1. The highest BCUT2D eigenvalue weighted by Gasteiger charge is 2.25. The third-order valence-electron chi connectivity index (χ3n) is 4.07. The summed E-state index contributed by atoms with van der Waals surface area (Å²) in [6, 6.07) is 13.8. The molecule has 0 bridgehead atoms. The fourth-order valence-corrected chi connectivity index (χ4v) is 3.07. The normalized spacial score (nSPS) is 12.9. The molecule has 0 fully saturated rings. The first-order valence-corrected chi connectivity index (χ1v) is 8.52. The van der Waals surface area contributed by atoms with Crippen LogP contribution in [0.3, 0.4) is 0 Å². The molecule has 2 N–H and O–H groups in total. The molecule has 1 amide bonds. The van der Waals surface area contributed by atoms with E-state index in [0.29, 0.717) is 6.54 Å². The number of nitrogens with zero attached hydrogens (tertiary/aromatic N) is 1. The Bertz CT molecular complexity index is 684. The molecule has 4 nitrogen and oxygen atoms in total. The van der Waals surface area contributed by atoms with Crippen molar-refractivity contribution in [3.8, 4) is 0 Å². The number of carbonyl (C=O) groups is 1. The molecule has 4 heteroatoms. The van der Waals surface area contributed by atoms with Crippen LogP contribution in [-0.2, 0) is 17.8 Å². The maximum absolute atomic E-state index is 12.6. The standard InChI is InChI=1S/C18H20N2O2.C2H6/c1-13-10-15-12-20(18(21)14-6-4-3-5-7-14)9-8-16(15)17(11-13)19-22-2;1-2/h3-7,10-11,19H,8-9,12H2,1-2H3;1-2H3/p+1. The zero-order valence-corrected chi connectivity index (χ0v) is 15.0. The molecule has 0 saturated carbocycles. The molecule has 1 heterocycles. The zero-order chi connectivity index (χ0) is 17.5. The monoisotopic (exact) mass is 327 g/mol. The number of aryl methyl sites for hydroxylation is 1. The lowest BCUT2D eigenvalue weighted by atomic mass is 9.95. The van der Waals surface area contributed by atoms with Crippen LogP contribution in [0.1, 0.15) is 40.9 Å². The van der Waals surface area contributed by atoms with Gasteiger partial charge in [0.1, 0.15) is 0 Å². The first-order chi connectivity index (χ1) is 11.7. The maximum atomic E-state index is 12.6. The Balaban J connectivity index is 0.00000100. The lowest BCUT2D eigenvalue weighted by Gasteiger charge is -2.29. The van der Waals surface area contributed by atoms with Crippen LogP contribution in [0.5, 0.6) is 0 Å². The van der Waals surface area contributed by atoms with Crippen molar-refractivity contribution in [3.63, 3.8) is 0 Å². The second-order valence-electron chi connectivity index (χ2n) is 5.69. The van der Waals surface area contributed by atoms with E-state index in [0.717, 1.165) is 24.2 Å². The van der Waals surface area contributed by atoms with Gasteiger partial charge in [-0.25, -0.2) is 4.84 Å². The Labute approximate surface area is 144 Å². The summed E-state index contributed by atoms with van der Waals surface area (Å²) in [5, 5.41) is 0.